The molecule has 0 radical (unpaired) electrons. The zero-order valence-corrected chi connectivity index (χ0v) is 15.1. The first-order valence-corrected chi connectivity index (χ1v) is 9.18. The third kappa shape index (κ3) is 2.81. The van der Waals surface area contributed by atoms with Crippen LogP contribution in [0.1, 0.15) is 0 Å². The monoisotopic (exact) mass is 377 g/mol. The number of rotatable bonds is 2. The molecule has 9 heteroatoms. The Hall–Kier alpha value is -3.62. The predicted molar refractivity (Wildman–Crippen MR) is 103 cm³/mol. The van der Waals surface area contributed by atoms with Gasteiger partial charge in [-0.15, -0.1) is 0 Å². The number of imidazole rings is 1. The number of para-hydroxylation sites is 2. The van der Waals surface area contributed by atoms with E-state index in [1.807, 2.05) is 41.0 Å². The number of benzene rings is 1. The SMILES string of the molecule is O=C(Nc1ccc(-n2cnc3ccccc32)nc1)N1CCN2C(=O)NCC2C1. The van der Waals surface area contributed by atoms with Gasteiger partial charge in [-0.3, -0.25) is 4.57 Å². The van der Waals surface area contributed by atoms with Gasteiger partial charge < -0.3 is 20.4 Å². The molecule has 0 spiro atoms. The van der Waals surface area contributed by atoms with Crippen molar-refractivity contribution in [2.75, 3.05) is 31.5 Å². The molecule has 4 amide bonds. The summed E-state index contributed by atoms with van der Waals surface area (Å²) in [5.74, 6) is 0.732. The molecule has 2 aliphatic rings. The van der Waals surface area contributed by atoms with Gasteiger partial charge in [-0.05, 0) is 24.3 Å². The number of urea groups is 2. The van der Waals surface area contributed by atoms with E-state index in [0.29, 0.717) is 31.9 Å². The van der Waals surface area contributed by atoms with Gasteiger partial charge in [0.1, 0.15) is 12.1 Å². The molecule has 9 nitrogen and oxygen atoms in total. The highest BCUT2D eigenvalue weighted by Crippen LogP contribution is 2.19. The van der Waals surface area contributed by atoms with Gasteiger partial charge in [0.05, 0.1) is 29.0 Å². The minimum atomic E-state index is -0.179. The zero-order chi connectivity index (χ0) is 19.1. The van der Waals surface area contributed by atoms with Gasteiger partial charge in [0, 0.05) is 26.2 Å². The lowest BCUT2D eigenvalue weighted by Gasteiger charge is -2.36. The van der Waals surface area contributed by atoms with E-state index in [1.165, 1.54) is 0 Å². The van der Waals surface area contributed by atoms with E-state index in [4.69, 9.17) is 0 Å². The number of nitrogens with zero attached hydrogens (tertiary/aromatic N) is 5. The maximum atomic E-state index is 12.6. The van der Waals surface area contributed by atoms with Crippen molar-refractivity contribution >= 4 is 28.8 Å². The normalized spacial score (nSPS) is 18.9. The van der Waals surface area contributed by atoms with E-state index in [0.717, 1.165) is 16.9 Å². The minimum absolute atomic E-state index is 0.0435. The summed E-state index contributed by atoms with van der Waals surface area (Å²) in [6, 6.07) is 11.3. The van der Waals surface area contributed by atoms with Crippen LogP contribution in [0.3, 0.4) is 0 Å². The maximum Gasteiger partial charge on any atom is 0.322 e. The molecule has 2 N–H and O–H groups in total. The number of amides is 4. The topological polar surface area (TPSA) is 95.4 Å². The number of carbonyl (C=O) groups excluding carboxylic acids is 2. The second-order valence-electron chi connectivity index (χ2n) is 6.92. The average molecular weight is 377 g/mol. The van der Waals surface area contributed by atoms with Gasteiger partial charge in [-0.25, -0.2) is 19.6 Å². The summed E-state index contributed by atoms with van der Waals surface area (Å²) >= 11 is 0. The highest BCUT2D eigenvalue weighted by Gasteiger charge is 2.36. The first-order valence-electron chi connectivity index (χ1n) is 9.18. The Morgan fingerprint density at radius 3 is 2.89 bits per heavy atom. The van der Waals surface area contributed by atoms with Crippen LogP contribution in [0.4, 0.5) is 15.3 Å². The van der Waals surface area contributed by atoms with Crippen molar-refractivity contribution < 1.29 is 9.59 Å². The lowest BCUT2D eigenvalue weighted by Crippen LogP contribution is -2.54. The molecular formula is C19H19N7O2. The molecule has 5 rings (SSSR count). The van der Waals surface area contributed by atoms with Crippen molar-refractivity contribution in [1.82, 2.24) is 29.7 Å². The molecular weight excluding hydrogens is 358 g/mol. The van der Waals surface area contributed by atoms with E-state index in [2.05, 4.69) is 20.6 Å². The Bertz CT molecular complexity index is 1050. The quantitative estimate of drug-likeness (QED) is 0.710. The third-order valence-corrected chi connectivity index (χ3v) is 5.22. The Morgan fingerprint density at radius 1 is 1.14 bits per heavy atom. The number of fused-ring (bicyclic) bond motifs is 2. The molecule has 1 aromatic carbocycles. The smallest absolute Gasteiger partial charge is 0.322 e. The number of nitrogens with one attached hydrogen (secondary N) is 2. The number of carbonyl (C=O) groups is 2. The van der Waals surface area contributed by atoms with E-state index in [9.17, 15) is 9.59 Å². The number of pyridine rings is 1. The molecule has 3 aromatic rings. The fourth-order valence-electron chi connectivity index (χ4n) is 3.74. The molecule has 1 unspecified atom stereocenters. The lowest BCUT2D eigenvalue weighted by molar-refractivity contribution is 0.136. The largest absolute Gasteiger partial charge is 0.336 e. The summed E-state index contributed by atoms with van der Waals surface area (Å²) in [5.41, 5.74) is 2.51. The van der Waals surface area contributed by atoms with E-state index >= 15 is 0 Å². The van der Waals surface area contributed by atoms with Crippen molar-refractivity contribution in [3.8, 4) is 5.82 Å². The van der Waals surface area contributed by atoms with Crippen LogP contribution in [0, 0.1) is 0 Å². The van der Waals surface area contributed by atoms with Crippen LogP contribution in [0.15, 0.2) is 48.9 Å². The molecule has 0 bridgehead atoms. The number of hydrogen-bond donors (Lipinski definition) is 2. The summed E-state index contributed by atoms with van der Waals surface area (Å²) in [7, 11) is 0. The van der Waals surface area contributed by atoms with Crippen molar-refractivity contribution in [3.05, 3.63) is 48.9 Å². The zero-order valence-electron chi connectivity index (χ0n) is 15.1. The molecule has 0 saturated carbocycles. The second kappa shape index (κ2) is 6.52. The molecule has 2 fully saturated rings. The van der Waals surface area contributed by atoms with E-state index in [1.54, 1.807) is 22.3 Å². The van der Waals surface area contributed by atoms with E-state index < -0.39 is 0 Å². The van der Waals surface area contributed by atoms with Crippen LogP contribution in [-0.2, 0) is 0 Å². The van der Waals surface area contributed by atoms with Crippen molar-refractivity contribution in [1.29, 1.82) is 0 Å². The van der Waals surface area contributed by atoms with Gasteiger partial charge in [0.15, 0.2) is 0 Å². The number of piperazine rings is 1. The third-order valence-electron chi connectivity index (χ3n) is 5.22. The molecule has 28 heavy (non-hydrogen) atoms. The minimum Gasteiger partial charge on any atom is -0.336 e. The maximum absolute atomic E-state index is 12.6. The summed E-state index contributed by atoms with van der Waals surface area (Å²) < 4.78 is 1.91. The van der Waals surface area contributed by atoms with Crippen LogP contribution >= 0.6 is 0 Å². The highest BCUT2D eigenvalue weighted by atomic mass is 16.2. The van der Waals surface area contributed by atoms with Crippen LogP contribution in [-0.4, -0.2) is 68.6 Å². The number of anilines is 1. The van der Waals surface area contributed by atoms with Gasteiger partial charge in [0.2, 0.25) is 0 Å². The molecule has 1 atom stereocenters. The Balaban J connectivity index is 1.27. The summed E-state index contributed by atoms with van der Waals surface area (Å²) in [5, 5.41) is 5.70. The molecule has 0 aliphatic carbocycles. The molecule has 4 heterocycles. The Labute approximate surface area is 161 Å². The van der Waals surface area contributed by atoms with Crippen molar-refractivity contribution in [2.24, 2.45) is 0 Å². The van der Waals surface area contributed by atoms with E-state index in [-0.39, 0.29) is 18.1 Å². The Morgan fingerprint density at radius 2 is 2.04 bits per heavy atom. The van der Waals surface area contributed by atoms with Gasteiger partial charge in [-0.1, -0.05) is 12.1 Å². The number of aromatic nitrogens is 3. The molecule has 2 saturated heterocycles. The molecule has 2 aromatic heterocycles. The van der Waals surface area contributed by atoms with Crippen molar-refractivity contribution in [3.63, 3.8) is 0 Å². The van der Waals surface area contributed by atoms with Gasteiger partial charge in [-0.2, -0.15) is 0 Å². The first-order chi connectivity index (χ1) is 13.7. The summed E-state index contributed by atoms with van der Waals surface area (Å²) in [4.78, 5) is 36.6. The fraction of sp³-hybridized carbons (Fsp3) is 0.263. The van der Waals surface area contributed by atoms with Crippen LogP contribution in [0.25, 0.3) is 16.9 Å². The Kier molecular flexibility index (Phi) is 3.85. The van der Waals surface area contributed by atoms with Crippen LogP contribution in [0.5, 0.6) is 0 Å². The highest BCUT2D eigenvalue weighted by molar-refractivity contribution is 5.89. The molecule has 2 aliphatic heterocycles. The predicted octanol–water partition coefficient (Wildman–Crippen LogP) is 1.66. The fourth-order valence-corrected chi connectivity index (χ4v) is 3.74. The number of hydrogen-bond acceptors (Lipinski definition) is 4. The van der Waals surface area contributed by atoms with Gasteiger partial charge in [0.25, 0.3) is 0 Å². The average Bonchev–Trinajstić information content (AvgIpc) is 3.32. The van der Waals surface area contributed by atoms with Crippen molar-refractivity contribution in [2.45, 2.75) is 6.04 Å². The summed E-state index contributed by atoms with van der Waals surface area (Å²) in [6.07, 6.45) is 3.38. The van der Waals surface area contributed by atoms with Crippen LogP contribution in [0.2, 0.25) is 0 Å². The summed E-state index contributed by atoms with van der Waals surface area (Å²) in [6.45, 7) is 2.17. The second-order valence-corrected chi connectivity index (χ2v) is 6.92. The molecule has 142 valence electrons. The lowest BCUT2D eigenvalue weighted by atomic mass is 10.2. The van der Waals surface area contributed by atoms with Gasteiger partial charge >= 0.3 is 12.1 Å². The standard InChI is InChI=1S/C19H19N7O2/c27-18-21-10-14-11-24(7-8-25(14)18)19(28)23-13-5-6-17(20-9-13)26-12-22-15-3-1-2-4-16(15)26/h1-6,9,12,14H,7-8,10-11H2,(H,21,27)(H,23,28). The van der Waals surface area contributed by atoms with Crippen LogP contribution < -0.4 is 10.6 Å². The first kappa shape index (κ1) is 16.5.